The Morgan fingerprint density at radius 2 is 2.14 bits per heavy atom. The first kappa shape index (κ1) is 15.2. The number of rotatable bonds is 5. The highest BCUT2D eigenvalue weighted by atomic mass is 19.1. The molecule has 0 amide bonds. The fraction of sp³-hybridized carbons (Fsp3) is 0.400. The third-order valence-electron chi connectivity index (χ3n) is 3.16. The molecule has 21 heavy (non-hydrogen) atoms. The Kier molecular flexibility index (Phi) is 4.06. The molecule has 0 bridgehead atoms. The van der Waals surface area contributed by atoms with Gasteiger partial charge in [0.15, 0.2) is 0 Å². The van der Waals surface area contributed by atoms with Gasteiger partial charge in [-0.15, -0.1) is 0 Å². The molecule has 2 aromatic rings. The summed E-state index contributed by atoms with van der Waals surface area (Å²) < 4.78 is 18.7. The van der Waals surface area contributed by atoms with Gasteiger partial charge in [-0.25, -0.2) is 4.39 Å². The van der Waals surface area contributed by atoms with Crippen molar-refractivity contribution in [3.05, 3.63) is 35.5 Å². The normalized spacial score (nSPS) is 11.6. The second-order valence-electron chi connectivity index (χ2n) is 5.89. The van der Waals surface area contributed by atoms with Gasteiger partial charge in [0.2, 0.25) is 11.7 Å². The van der Waals surface area contributed by atoms with Gasteiger partial charge in [0, 0.05) is 12.0 Å². The molecule has 6 heteroatoms. The molecule has 5 nitrogen and oxygen atoms in total. The van der Waals surface area contributed by atoms with Gasteiger partial charge < -0.3 is 9.63 Å². The zero-order chi connectivity index (χ0) is 15.6. The van der Waals surface area contributed by atoms with E-state index in [4.69, 9.17) is 9.63 Å². The molecule has 1 N–H and O–H groups in total. The van der Waals surface area contributed by atoms with Gasteiger partial charge in [0.1, 0.15) is 5.82 Å². The van der Waals surface area contributed by atoms with E-state index < -0.39 is 11.4 Å². The van der Waals surface area contributed by atoms with Crippen molar-refractivity contribution >= 4 is 5.97 Å². The number of carboxylic acids is 1. The molecule has 0 unspecified atom stereocenters. The van der Waals surface area contributed by atoms with Crippen LogP contribution in [0, 0.1) is 18.2 Å². The molecule has 2 rings (SSSR count). The summed E-state index contributed by atoms with van der Waals surface area (Å²) in [6, 6.07) is 4.72. The maximum absolute atomic E-state index is 13.5. The van der Waals surface area contributed by atoms with E-state index in [1.54, 1.807) is 19.1 Å². The van der Waals surface area contributed by atoms with Gasteiger partial charge in [-0.05, 0) is 24.0 Å². The van der Waals surface area contributed by atoms with E-state index in [9.17, 15) is 9.18 Å². The van der Waals surface area contributed by atoms with E-state index in [0.717, 1.165) is 0 Å². The Hall–Kier alpha value is -2.24. The van der Waals surface area contributed by atoms with Gasteiger partial charge in [-0.2, -0.15) is 4.98 Å². The van der Waals surface area contributed by atoms with E-state index in [2.05, 4.69) is 10.1 Å². The number of carboxylic acid groups (broad SMARTS) is 1. The second-order valence-corrected chi connectivity index (χ2v) is 5.89. The van der Waals surface area contributed by atoms with E-state index in [1.807, 2.05) is 13.8 Å². The van der Waals surface area contributed by atoms with Gasteiger partial charge in [-0.1, -0.05) is 31.1 Å². The molecule has 0 atom stereocenters. The Morgan fingerprint density at radius 1 is 1.43 bits per heavy atom. The minimum atomic E-state index is -0.875. The Bertz CT molecular complexity index is 665. The summed E-state index contributed by atoms with van der Waals surface area (Å²) in [4.78, 5) is 15.0. The first-order chi connectivity index (χ1) is 9.77. The number of hydrogen-bond acceptors (Lipinski definition) is 4. The molecule has 0 aliphatic rings. The highest BCUT2D eigenvalue weighted by Gasteiger charge is 2.25. The van der Waals surface area contributed by atoms with Crippen LogP contribution in [0.4, 0.5) is 4.39 Å². The molecule has 0 saturated carbocycles. The van der Waals surface area contributed by atoms with E-state index in [1.165, 1.54) is 6.07 Å². The minimum absolute atomic E-state index is 0.00384. The molecule has 0 spiro atoms. The third kappa shape index (κ3) is 3.87. The van der Waals surface area contributed by atoms with Crippen molar-refractivity contribution in [1.29, 1.82) is 0 Å². The Labute approximate surface area is 121 Å². The van der Waals surface area contributed by atoms with Gasteiger partial charge >= 0.3 is 5.97 Å². The predicted octanol–water partition coefficient (Wildman–Crippen LogP) is 3.23. The lowest BCUT2D eigenvalue weighted by Gasteiger charge is -2.19. The fourth-order valence-electron chi connectivity index (χ4n) is 2.06. The lowest BCUT2D eigenvalue weighted by molar-refractivity contribution is -0.139. The topological polar surface area (TPSA) is 76.2 Å². The summed E-state index contributed by atoms with van der Waals surface area (Å²) in [6.45, 7) is 5.31. The summed E-state index contributed by atoms with van der Waals surface area (Å²) in [6.07, 6.45) is 0.352. The SMILES string of the molecule is Cc1ccc(-c2noc(CC(C)(C)CC(=O)O)n2)cc1F. The summed E-state index contributed by atoms with van der Waals surface area (Å²) >= 11 is 0. The molecule has 0 aliphatic heterocycles. The number of halogens is 1. The largest absolute Gasteiger partial charge is 0.481 e. The standard InChI is InChI=1S/C15H17FN2O3/c1-9-4-5-10(6-11(9)16)14-17-12(21-18-14)7-15(2,3)8-13(19)20/h4-6H,7-8H2,1-3H3,(H,19,20). The molecule has 1 aromatic heterocycles. The third-order valence-corrected chi connectivity index (χ3v) is 3.16. The first-order valence-electron chi connectivity index (χ1n) is 6.58. The molecular formula is C15H17FN2O3. The molecule has 0 aliphatic carbocycles. The van der Waals surface area contributed by atoms with Crippen LogP contribution in [0.5, 0.6) is 0 Å². The number of hydrogen-bond donors (Lipinski definition) is 1. The monoisotopic (exact) mass is 292 g/mol. The van der Waals surface area contributed by atoms with Crippen LogP contribution in [-0.4, -0.2) is 21.2 Å². The summed E-state index contributed by atoms with van der Waals surface area (Å²) in [5.41, 5.74) is 0.586. The van der Waals surface area contributed by atoms with Crippen LogP contribution in [0.3, 0.4) is 0 Å². The minimum Gasteiger partial charge on any atom is -0.481 e. The van der Waals surface area contributed by atoms with Crippen molar-refractivity contribution in [3.8, 4) is 11.4 Å². The number of benzene rings is 1. The van der Waals surface area contributed by atoms with Crippen molar-refractivity contribution in [2.75, 3.05) is 0 Å². The van der Waals surface area contributed by atoms with Crippen LogP contribution in [0.25, 0.3) is 11.4 Å². The van der Waals surface area contributed by atoms with Crippen molar-refractivity contribution in [2.24, 2.45) is 5.41 Å². The van der Waals surface area contributed by atoms with Gasteiger partial charge in [-0.3, -0.25) is 4.79 Å². The molecule has 0 radical (unpaired) electrons. The van der Waals surface area contributed by atoms with E-state index >= 15 is 0 Å². The molecule has 1 aromatic carbocycles. The van der Waals surface area contributed by atoms with Crippen molar-refractivity contribution in [1.82, 2.24) is 10.1 Å². The molecule has 1 heterocycles. The van der Waals surface area contributed by atoms with Crippen molar-refractivity contribution in [2.45, 2.75) is 33.6 Å². The van der Waals surface area contributed by atoms with Crippen molar-refractivity contribution in [3.63, 3.8) is 0 Å². The molecule has 0 saturated heterocycles. The number of aromatic nitrogens is 2. The van der Waals surface area contributed by atoms with E-state index in [0.29, 0.717) is 29.3 Å². The highest BCUT2D eigenvalue weighted by Crippen LogP contribution is 2.26. The van der Waals surface area contributed by atoms with Crippen LogP contribution >= 0.6 is 0 Å². The lowest BCUT2D eigenvalue weighted by atomic mass is 9.86. The van der Waals surface area contributed by atoms with Gasteiger partial charge in [0.25, 0.3) is 0 Å². The van der Waals surface area contributed by atoms with Gasteiger partial charge in [0.05, 0.1) is 6.42 Å². The lowest BCUT2D eigenvalue weighted by Crippen LogP contribution is -2.19. The molecule has 0 fully saturated rings. The summed E-state index contributed by atoms with van der Waals surface area (Å²) in [7, 11) is 0. The predicted molar refractivity (Wildman–Crippen MR) is 74.2 cm³/mol. The van der Waals surface area contributed by atoms with Crippen LogP contribution in [0.1, 0.15) is 31.7 Å². The first-order valence-corrected chi connectivity index (χ1v) is 6.58. The second kappa shape index (κ2) is 5.63. The summed E-state index contributed by atoms with van der Waals surface area (Å²) in [5.74, 6) is -0.558. The number of carbonyl (C=O) groups is 1. The number of aryl methyl sites for hydroxylation is 1. The Balaban J connectivity index is 2.18. The highest BCUT2D eigenvalue weighted by molar-refractivity contribution is 5.67. The number of nitrogens with zero attached hydrogens (tertiary/aromatic N) is 2. The Morgan fingerprint density at radius 3 is 2.76 bits per heavy atom. The van der Waals surface area contributed by atoms with E-state index in [-0.39, 0.29) is 12.2 Å². The average Bonchev–Trinajstić information content (AvgIpc) is 2.78. The maximum atomic E-state index is 13.5. The summed E-state index contributed by atoms with van der Waals surface area (Å²) in [5, 5.41) is 12.7. The van der Waals surface area contributed by atoms with Crippen LogP contribution in [0.15, 0.2) is 22.7 Å². The maximum Gasteiger partial charge on any atom is 0.303 e. The number of aliphatic carboxylic acids is 1. The van der Waals surface area contributed by atoms with Crippen LogP contribution in [-0.2, 0) is 11.2 Å². The van der Waals surface area contributed by atoms with Crippen molar-refractivity contribution < 1.29 is 18.8 Å². The van der Waals surface area contributed by atoms with Crippen LogP contribution in [0.2, 0.25) is 0 Å². The fourth-order valence-corrected chi connectivity index (χ4v) is 2.06. The quantitative estimate of drug-likeness (QED) is 0.915. The molecule has 112 valence electrons. The average molecular weight is 292 g/mol. The smallest absolute Gasteiger partial charge is 0.303 e. The molecular weight excluding hydrogens is 275 g/mol. The van der Waals surface area contributed by atoms with Crippen LogP contribution < -0.4 is 0 Å². The zero-order valence-electron chi connectivity index (χ0n) is 12.2. The zero-order valence-corrected chi connectivity index (χ0v) is 12.2.